The van der Waals surface area contributed by atoms with E-state index < -0.39 is 0 Å². The molecule has 0 bridgehead atoms. The monoisotopic (exact) mass is 274 g/mol. The van der Waals surface area contributed by atoms with Crippen LogP contribution >= 0.6 is 0 Å². The fraction of sp³-hybridized carbons (Fsp3) is 0.588. The van der Waals surface area contributed by atoms with Crippen molar-refractivity contribution in [2.45, 2.75) is 52.2 Å². The van der Waals surface area contributed by atoms with Gasteiger partial charge in [0.15, 0.2) is 0 Å². The third-order valence-electron chi connectivity index (χ3n) is 3.96. The van der Waals surface area contributed by atoms with Crippen LogP contribution in [-0.4, -0.2) is 23.4 Å². The Labute approximate surface area is 122 Å². The molecule has 110 valence electrons. The number of carbonyl (C=O) groups is 1. The Morgan fingerprint density at radius 2 is 1.95 bits per heavy atom. The smallest absolute Gasteiger partial charge is 0.241 e. The van der Waals surface area contributed by atoms with Crippen LogP contribution in [0.15, 0.2) is 30.3 Å². The van der Waals surface area contributed by atoms with Crippen LogP contribution in [0.4, 0.5) is 0 Å². The minimum Gasteiger partial charge on any atom is -0.322 e. The summed E-state index contributed by atoms with van der Waals surface area (Å²) in [6.45, 7) is 7.37. The molecule has 1 N–H and O–H groups in total. The van der Waals surface area contributed by atoms with Gasteiger partial charge < -0.3 is 4.90 Å². The molecule has 1 fully saturated rings. The number of benzene rings is 1. The molecule has 0 aromatic heterocycles. The molecule has 20 heavy (non-hydrogen) atoms. The van der Waals surface area contributed by atoms with Crippen LogP contribution in [0.3, 0.4) is 0 Å². The molecular formula is C17H26N2O. The molecule has 1 aliphatic rings. The van der Waals surface area contributed by atoms with Gasteiger partial charge >= 0.3 is 0 Å². The highest BCUT2D eigenvalue weighted by atomic mass is 16.2. The number of nitrogens with zero attached hydrogens (tertiary/aromatic N) is 1. The third kappa shape index (κ3) is 3.40. The predicted octanol–water partition coefficient (Wildman–Crippen LogP) is 3.33. The second kappa shape index (κ2) is 6.89. The van der Waals surface area contributed by atoms with Gasteiger partial charge in [-0.1, -0.05) is 51.1 Å². The molecule has 0 saturated carbocycles. The highest BCUT2D eigenvalue weighted by Gasteiger charge is 2.37. The molecule has 3 nitrogen and oxygen atoms in total. The molecule has 1 aliphatic heterocycles. The van der Waals surface area contributed by atoms with E-state index in [0.717, 1.165) is 19.4 Å². The molecule has 1 saturated heterocycles. The highest BCUT2D eigenvalue weighted by molar-refractivity contribution is 5.84. The summed E-state index contributed by atoms with van der Waals surface area (Å²) in [6.07, 6.45) is 3.14. The maximum atomic E-state index is 12.5. The van der Waals surface area contributed by atoms with Crippen molar-refractivity contribution >= 4 is 5.91 Å². The molecule has 1 aromatic rings. The summed E-state index contributed by atoms with van der Waals surface area (Å²) in [4.78, 5) is 14.5. The average molecular weight is 274 g/mol. The first-order valence-corrected chi connectivity index (χ1v) is 7.75. The minimum absolute atomic E-state index is 0.0285. The van der Waals surface area contributed by atoms with Gasteiger partial charge in [0.25, 0.3) is 0 Å². The topological polar surface area (TPSA) is 32.3 Å². The maximum absolute atomic E-state index is 12.5. The largest absolute Gasteiger partial charge is 0.322 e. The van der Waals surface area contributed by atoms with E-state index in [1.807, 2.05) is 23.1 Å². The molecule has 0 aliphatic carbocycles. The first-order valence-electron chi connectivity index (χ1n) is 7.75. The lowest BCUT2D eigenvalue weighted by atomic mass is 10.1. The second-order valence-electron chi connectivity index (χ2n) is 6.01. The summed E-state index contributed by atoms with van der Waals surface area (Å²) in [6, 6.07) is 10.2. The molecule has 2 atom stereocenters. The van der Waals surface area contributed by atoms with Crippen LogP contribution in [0.1, 0.15) is 51.8 Å². The summed E-state index contributed by atoms with van der Waals surface area (Å²) >= 11 is 0. The Bertz CT molecular complexity index is 430. The maximum Gasteiger partial charge on any atom is 0.241 e. The minimum atomic E-state index is -0.0285. The zero-order valence-corrected chi connectivity index (χ0v) is 12.8. The van der Waals surface area contributed by atoms with Crippen molar-refractivity contribution in [3.63, 3.8) is 0 Å². The van der Waals surface area contributed by atoms with Gasteiger partial charge in [-0.2, -0.15) is 0 Å². The van der Waals surface area contributed by atoms with E-state index in [-0.39, 0.29) is 18.1 Å². The predicted molar refractivity (Wildman–Crippen MR) is 82.2 cm³/mol. The molecule has 0 radical (unpaired) electrons. The number of amides is 1. The van der Waals surface area contributed by atoms with Crippen molar-refractivity contribution in [3.8, 4) is 0 Å². The molecule has 2 rings (SSSR count). The molecule has 1 amide bonds. The van der Waals surface area contributed by atoms with Gasteiger partial charge in [0.05, 0.1) is 6.04 Å². The second-order valence-corrected chi connectivity index (χ2v) is 6.01. The fourth-order valence-corrected chi connectivity index (χ4v) is 2.79. The summed E-state index contributed by atoms with van der Waals surface area (Å²) in [5.74, 6) is 0.947. The number of nitrogens with one attached hydrogen (secondary N) is 1. The Morgan fingerprint density at radius 1 is 1.25 bits per heavy atom. The van der Waals surface area contributed by atoms with Crippen molar-refractivity contribution in [1.82, 2.24) is 10.2 Å². The molecule has 3 heteroatoms. The molecule has 1 heterocycles. The molecular weight excluding hydrogens is 248 g/mol. The van der Waals surface area contributed by atoms with Crippen LogP contribution < -0.4 is 5.32 Å². The fourth-order valence-electron chi connectivity index (χ4n) is 2.79. The zero-order chi connectivity index (χ0) is 14.5. The van der Waals surface area contributed by atoms with Crippen molar-refractivity contribution in [2.24, 2.45) is 5.92 Å². The third-order valence-corrected chi connectivity index (χ3v) is 3.96. The van der Waals surface area contributed by atoms with E-state index in [0.29, 0.717) is 5.92 Å². The molecule has 0 spiro atoms. The van der Waals surface area contributed by atoms with Crippen LogP contribution in [0, 0.1) is 5.92 Å². The van der Waals surface area contributed by atoms with E-state index in [1.54, 1.807) is 0 Å². The van der Waals surface area contributed by atoms with E-state index in [1.165, 1.54) is 12.0 Å². The van der Waals surface area contributed by atoms with Gasteiger partial charge in [0, 0.05) is 6.54 Å². The van der Waals surface area contributed by atoms with Crippen LogP contribution in [0.25, 0.3) is 0 Å². The Kier molecular flexibility index (Phi) is 5.18. The number of rotatable bonds is 6. The summed E-state index contributed by atoms with van der Waals surface area (Å²) < 4.78 is 0. The highest BCUT2D eigenvalue weighted by Crippen LogP contribution is 2.26. The van der Waals surface area contributed by atoms with Crippen molar-refractivity contribution in [1.29, 1.82) is 0 Å². The first-order chi connectivity index (χ1) is 9.63. The number of carbonyl (C=O) groups excluding carboxylic acids is 1. The van der Waals surface area contributed by atoms with Gasteiger partial charge in [-0.05, 0) is 30.7 Å². The van der Waals surface area contributed by atoms with Crippen LogP contribution in [0.5, 0.6) is 0 Å². The lowest BCUT2D eigenvalue weighted by Crippen LogP contribution is -2.32. The van der Waals surface area contributed by atoms with Gasteiger partial charge in [0.2, 0.25) is 5.91 Å². The Balaban J connectivity index is 2.09. The standard InChI is InChI=1S/C17H26N2O/c1-4-15-17(20)19(12-8-9-13(2)3)16(18-15)14-10-6-5-7-11-14/h5-7,10-11,13,15-16,18H,4,8-9,12H2,1-3H3. The summed E-state index contributed by atoms with van der Waals surface area (Å²) in [5, 5.41) is 3.47. The van der Waals surface area contributed by atoms with Crippen molar-refractivity contribution in [2.75, 3.05) is 6.54 Å². The normalized spacial score (nSPS) is 22.8. The van der Waals surface area contributed by atoms with E-state index in [2.05, 4.69) is 38.2 Å². The van der Waals surface area contributed by atoms with E-state index in [4.69, 9.17) is 0 Å². The lowest BCUT2D eigenvalue weighted by molar-refractivity contribution is -0.130. The lowest BCUT2D eigenvalue weighted by Gasteiger charge is -2.25. The summed E-state index contributed by atoms with van der Waals surface area (Å²) in [5.41, 5.74) is 1.18. The van der Waals surface area contributed by atoms with Crippen molar-refractivity contribution in [3.05, 3.63) is 35.9 Å². The van der Waals surface area contributed by atoms with Gasteiger partial charge in [-0.3, -0.25) is 10.1 Å². The number of hydrogen-bond donors (Lipinski definition) is 1. The van der Waals surface area contributed by atoms with Gasteiger partial charge in [0.1, 0.15) is 6.17 Å². The van der Waals surface area contributed by atoms with Crippen LogP contribution in [-0.2, 0) is 4.79 Å². The van der Waals surface area contributed by atoms with Gasteiger partial charge in [-0.25, -0.2) is 0 Å². The Morgan fingerprint density at radius 3 is 2.55 bits per heavy atom. The zero-order valence-electron chi connectivity index (χ0n) is 12.8. The van der Waals surface area contributed by atoms with E-state index in [9.17, 15) is 4.79 Å². The SMILES string of the molecule is CCC1NC(c2ccccc2)N(CCCC(C)C)C1=O. The molecule has 1 aromatic carbocycles. The molecule has 2 unspecified atom stereocenters. The first kappa shape index (κ1) is 15.0. The Hall–Kier alpha value is -1.35. The number of hydrogen-bond acceptors (Lipinski definition) is 2. The summed E-state index contributed by atoms with van der Waals surface area (Å²) in [7, 11) is 0. The van der Waals surface area contributed by atoms with E-state index >= 15 is 0 Å². The van der Waals surface area contributed by atoms with Crippen LogP contribution in [0.2, 0.25) is 0 Å². The average Bonchev–Trinajstić information content (AvgIpc) is 2.76. The van der Waals surface area contributed by atoms with Gasteiger partial charge in [-0.15, -0.1) is 0 Å². The van der Waals surface area contributed by atoms with Crippen molar-refractivity contribution < 1.29 is 4.79 Å². The quantitative estimate of drug-likeness (QED) is 0.863.